The van der Waals surface area contributed by atoms with E-state index in [4.69, 9.17) is 10.00 Å². The Kier molecular flexibility index (Phi) is 6.11. The Morgan fingerprint density at radius 3 is 2.68 bits per heavy atom. The molecule has 0 aliphatic heterocycles. The number of rotatable bonds is 5. The highest BCUT2D eigenvalue weighted by Gasteiger charge is 2.12. The molecule has 0 amide bonds. The molecule has 1 rings (SSSR count). The fraction of sp³-hybridized carbons (Fsp3) is 0.250. The van der Waals surface area contributed by atoms with Gasteiger partial charge in [0, 0.05) is 0 Å². The number of ether oxygens (including phenoxy) is 1. The molecular formula is C16H17NO2. The summed E-state index contributed by atoms with van der Waals surface area (Å²) in [6, 6.07) is 11.5. The lowest BCUT2D eigenvalue weighted by Crippen LogP contribution is -2.14. The van der Waals surface area contributed by atoms with Crippen LogP contribution in [-0.4, -0.2) is 12.1 Å². The fourth-order valence-electron chi connectivity index (χ4n) is 1.30. The summed E-state index contributed by atoms with van der Waals surface area (Å²) in [5, 5.41) is 8.93. The minimum Gasteiger partial charge on any atom is -0.459 e. The number of nitriles is 1. The molecule has 0 aliphatic carbocycles. The van der Waals surface area contributed by atoms with Crippen molar-refractivity contribution in [1.82, 2.24) is 0 Å². The molecule has 1 aromatic carbocycles. The molecule has 1 atom stereocenters. The molecule has 0 bridgehead atoms. The van der Waals surface area contributed by atoms with Crippen molar-refractivity contribution in [2.75, 3.05) is 0 Å². The van der Waals surface area contributed by atoms with E-state index in [2.05, 4.69) is 0 Å². The van der Waals surface area contributed by atoms with Gasteiger partial charge in [-0.15, -0.1) is 0 Å². The van der Waals surface area contributed by atoms with Gasteiger partial charge in [-0.3, -0.25) is 0 Å². The number of carbonyl (C=O) groups is 1. The van der Waals surface area contributed by atoms with Crippen LogP contribution in [0.3, 0.4) is 0 Å². The number of hydrogen-bond acceptors (Lipinski definition) is 3. The SMILES string of the molecule is CCC(C)OC(=O)/C(C#N)=C/C=C/c1ccccc1. The first-order chi connectivity index (χ1) is 9.17. The van der Waals surface area contributed by atoms with Gasteiger partial charge in [0.1, 0.15) is 11.6 Å². The summed E-state index contributed by atoms with van der Waals surface area (Å²) in [5.41, 5.74) is 1.01. The molecule has 0 N–H and O–H groups in total. The van der Waals surface area contributed by atoms with Gasteiger partial charge in [-0.1, -0.05) is 49.4 Å². The maximum absolute atomic E-state index is 11.6. The van der Waals surface area contributed by atoms with Crippen molar-refractivity contribution >= 4 is 12.0 Å². The Morgan fingerprint density at radius 1 is 1.42 bits per heavy atom. The van der Waals surface area contributed by atoms with Crippen molar-refractivity contribution < 1.29 is 9.53 Å². The van der Waals surface area contributed by atoms with Crippen molar-refractivity contribution in [3.05, 3.63) is 53.6 Å². The van der Waals surface area contributed by atoms with Crippen LogP contribution in [0.2, 0.25) is 0 Å². The van der Waals surface area contributed by atoms with E-state index in [-0.39, 0.29) is 11.7 Å². The first kappa shape index (κ1) is 14.7. The Balaban J connectivity index is 2.70. The second kappa shape index (κ2) is 7.88. The van der Waals surface area contributed by atoms with E-state index in [1.165, 1.54) is 6.08 Å². The van der Waals surface area contributed by atoms with E-state index in [1.807, 2.05) is 49.4 Å². The molecule has 98 valence electrons. The van der Waals surface area contributed by atoms with Crippen LogP contribution in [0.5, 0.6) is 0 Å². The lowest BCUT2D eigenvalue weighted by molar-refractivity contribution is -0.143. The van der Waals surface area contributed by atoms with E-state index in [1.54, 1.807) is 13.0 Å². The largest absolute Gasteiger partial charge is 0.459 e. The van der Waals surface area contributed by atoms with E-state index in [0.29, 0.717) is 0 Å². The third-order valence-electron chi connectivity index (χ3n) is 2.57. The predicted molar refractivity (Wildman–Crippen MR) is 75.0 cm³/mol. The quantitative estimate of drug-likeness (QED) is 0.350. The number of hydrogen-bond donors (Lipinski definition) is 0. The van der Waals surface area contributed by atoms with Gasteiger partial charge < -0.3 is 4.74 Å². The standard InChI is InChI=1S/C16H17NO2/c1-3-13(2)19-16(18)15(12-17)11-7-10-14-8-5-4-6-9-14/h4-11,13H,3H2,1-2H3/b10-7+,15-11+. The number of allylic oxidation sites excluding steroid dienone is 2. The van der Waals surface area contributed by atoms with Crippen LogP contribution in [-0.2, 0) is 9.53 Å². The van der Waals surface area contributed by atoms with Crippen LogP contribution in [0.1, 0.15) is 25.8 Å². The zero-order valence-electron chi connectivity index (χ0n) is 11.2. The molecule has 0 aliphatic rings. The van der Waals surface area contributed by atoms with Crippen molar-refractivity contribution in [2.45, 2.75) is 26.4 Å². The van der Waals surface area contributed by atoms with Gasteiger partial charge in [0.25, 0.3) is 0 Å². The number of nitrogens with zero attached hydrogens (tertiary/aromatic N) is 1. The molecule has 0 saturated carbocycles. The third-order valence-corrected chi connectivity index (χ3v) is 2.57. The topological polar surface area (TPSA) is 50.1 Å². The highest BCUT2D eigenvalue weighted by molar-refractivity contribution is 5.93. The van der Waals surface area contributed by atoms with Gasteiger partial charge in [0.15, 0.2) is 0 Å². The van der Waals surface area contributed by atoms with Crippen LogP contribution in [0.15, 0.2) is 48.1 Å². The maximum atomic E-state index is 11.6. The van der Waals surface area contributed by atoms with Crippen LogP contribution >= 0.6 is 0 Å². The summed E-state index contributed by atoms with van der Waals surface area (Å²) in [6.07, 6.45) is 5.52. The highest BCUT2D eigenvalue weighted by atomic mass is 16.5. The first-order valence-electron chi connectivity index (χ1n) is 6.21. The molecule has 0 saturated heterocycles. The Hall–Kier alpha value is -2.34. The lowest BCUT2D eigenvalue weighted by Gasteiger charge is -2.09. The molecular weight excluding hydrogens is 238 g/mol. The third kappa shape index (κ3) is 5.22. The first-order valence-corrected chi connectivity index (χ1v) is 6.21. The van der Waals surface area contributed by atoms with Crippen molar-refractivity contribution in [3.63, 3.8) is 0 Å². The summed E-state index contributed by atoms with van der Waals surface area (Å²) in [7, 11) is 0. The van der Waals surface area contributed by atoms with Crippen LogP contribution in [0.25, 0.3) is 6.08 Å². The molecule has 3 nitrogen and oxygen atoms in total. The number of benzene rings is 1. The number of esters is 1. The summed E-state index contributed by atoms with van der Waals surface area (Å²) in [6.45, 7) is 3.72. The van der Waals surface area contributed by atoms with E-state index in [0.717, 1.165) is 12.0 Å². The zero-order chi connectivity index (χ0) is 14.1. The monoisotopic (exact) mass is 255 g/mol. The Labute approximate surface area is 113 Å². The molecule has 0 aromatic heterocycles. The van der Waals surface area contributed by atoms with E-state index < -0.39 is 5.97 Å². The molecule has 3 heteroatoms. The highest BCUT2D eigenvalue weighted by Crippen LogP contribution is 2.05. The van der Waals surface area contributed by atoms with Gasteiger partial charge in [0.2, 0.25) is 0 Å². The van der Waals surface area contributed by atoms with Gasteiger partial charge >= 0.3 is 5.97 Å². The van der Waals surface area contributed by atoms with Crippen LogP contribution in [0.4, 0.5) is 0 Å². The smallest absolute Gasteiger partial charge is 0.349 e. The average Bonchev–Trinajstić information content (AvgIpc) is 2.44. The molecule has 0 radical (unpaired) electrons. The van der Waals surface area contributed by atoms with Gasteiger partial charge in [0.05, 0.1) is 6.10 Å². The van der Waals surface area contributed by atoms with E-state index >= 15 is 0 Å². The predicted octanol–water partition coefficient (Wildman–Crippen LogP) is 3.49. The second-order valence-electron chi connectivity index (χ2n) is 4.09. The van der Waals surface area contributed by atoms with Crippen molar-refractivity contribution in [1.29, 1.82) is 5.26 Å². The average molecular weight is 255 g/mol. The lowest BCUT2D eigenvalue weighted by atomic mass is 10.2. The second-order valence-corrected chi connectivity index (χ2v) is 4.09. The Morgan fingerprint density at radius 2 is 2.11 bits per heavy atom. The maximum Gasteiger partial charge on any atom is 0.349 e. The van der Waals surface area contributed by atoms with Gasteiger partial charge in [-0.05, 0) is 25.0 Å². The summed E-state index contributed by atoms with van der Waals surface area (Å²) in [5.74, 6) is -0.574. The molecule has 1 unspecified atom stereocenters. The van der Waals surface area contributed by atoms with Gasteiger partial charge in [-0.2, -0.15) is 5.26 Å². The molecule has 19 heavy (non-hydrogen) atoms. The molecule has 1 aromatic rings. The molecule has 0 spiro atoms. The molecule has 0 fully saturated rings. The Bertz CT molecular complexity index is 509. The van der Waals surface area contributed by atoms with Crippen molar-refractivity contribution in [3.8, 4) is 6.07 Å². The summed E-state index contributed by atoms with van der Waals surface area (Å²) >= 11 is 0. The fourth-order valence-corrected chi connectivity index (χ4v) is 1.30. The van der Waals surface area contributed by atoms with Crippen molar-refractivity contribution in [2.24, 2.45) is 0 Å². The van der Waals surface area contributed by atoms with Crippen LogP contribution in [0, 0.1) is 11.3 Å². The molecule has 0 heterocycles. The van der Waals surface area contributed by atoms with Crippen LogP contribution < -0.4 is 0 Å². The summed E-state index contributed by atoms with van der Waals surface area (Å²) in [4.78, 5) is 11.6. The zero-order valence-corrected chi connectivity index (χ0v) is 11.2. The summed E-state index contributed by atoms with van der Waals surface area (Å²) < 4.78 is 5.09. The minimum absolute atomic E-state index is 0.00693. The normalized spacial score (nSPS) is 13.0. The number of carbonyl (C=O) groups excluding carboxylic acids is 1. The minimum atomic E-state index is -0.574. The van der Waals surface area contributed by atoms with Gasteiger partial charge in [-0.25, -0.2) is 4.79 Å². The van der Waals surface area contributed by atoms with E-state index in [9.17, 15) is 4.79 Å².